The first-order valence-electron chi connectivity index (χ1n) is 3.85. The van der Waals surface area contributed by atoms with Crippen LogP contribution in [-0.4, -0.2) is 6.21 Å². The molecule has 0 saturated carbocycles. The van der Waals surface area contributed by atoms with E-state index in [4.69, 9.17) is 0 Å². The summed E-state index contributed by atoms with van der Waals surface area (Å²) in [6.45, 7) is 1.98. The Hall–Kier alpha value is -1.35. The maximum atomic E-state index is 4.15. The lowest BCUT2D eigenvalue weighted by Gasteiger charge is -2.14. The average molecular weight is 160 g/mol. The molecule has 0 saturated heterocycles. The van der Waals surface area contributed by atoms with Crippen molar-refractivity contribution in [2.75, 3.05) is 5.12 Å². The van der Waals surface area contributed by atoms with Gasteiger partial charge in [-0.2, -0.15) is 15.6 Å². The third-order valence-corrected chi connectivity index (χ3v) is 1.65. The van der Waals surface area contributed by atoms with Gasteiger partial charge in [0.05, 0.1) is 17.9 Å². The summed E-state index contributed by atoms with van der Waals surface area (Å²) in [4.78, 5) is 0. The highest BCUT2D eigenvalue weighted by molar-refractivity contribution is 5.77. The van der Waals surface area contributed by atoms with Crippen LogP contribution >= 0.6 is 0 Å². The summed E-state index contributed by atoms with van der Waals surface area (Å²) in [7, 11) is 0. The molecule has 0 fully saturated rings. The van der Waals surface area contributed by atoms with Crippen LogP contribution in [0.25, 0.3) is 0 Å². The Balaban J connectivity index is 2.18. The zero-order chi connectivity index (χ0) is 8.39. The molecule has 1 aliphatic rings. The summed E-state index contributed by atoms with van der Waals surface area (Å²) in [6.07, 6.45) is 1.80. The van der Waals surface area contributed by atoms with Crippen molar-refractivity contribution in [1.29, 1.82) is 0 Å². The lowest BCUT2D eigenvalue weighted by atomic mass is 10.3. The van der Waals surface area contributed by atoms with Gasteiger partial charge in [-0.25, -0.2) is 0 Å². The third kappa shape index (κ3) is 1.31. The van der Waals surface area contributed by atoms with Crippen LogP contribution in [0.1, 0.15) is 6.92 Å². The minimum Gasteiger partial charge on any atom is -0.199 e. The number of hydrogen-bond donors (Lipinski definition) is 1. The second kappa shape index (κ2) is 2.95. The van der Waals surface area contributed by atoms with E-state index in [9.17, 15) is 0 Å². The summed E-state index contributed by atoms with van der Waals surface area (Å²) < 4.78 is 0. The Labute approximate surface area is 71.7 Å². The molecular weight excluding hydrogens is 150 g/mol. The van der Waals surface area contributed by atoms with Gasteiger partial charge in [-0.3, -0.25) is 0 Å². The molecule has 1 aromatic rings. The van der Waals surface area contributed by atoms with E-state index < -0.39 is 0 Å². The van der Waals surface area contributed by atoms with Crippen LogP contribution in [-0.2, 0) is 0 Å². The van der Waals surface area contributed by atoms with E-state index in [1.807, 2.05) is 37.3 Å². The van der Waals surface area contributed by atoms with Crippen molar-refractivity contribution >= 4 is 11.9 Å². The van der Waals surface area contributed by atoms with Gasteiger partial charge in [0.15, 0.2) is 0 Å². The molecule has 1 aromatic carbocycles. The molecule has 1 radical (unpaired) electrons. The van der Waals surface area contributed by atoms with E-state index in [0.29, 0.717) is 0 Å². The molecule has 0 bridgehead atoms. The first-order chi connectivity index (χ1) is 5.86. The monoisotopic (exact) mass is 160 g/mol. The Morgan fingerprint density at radius 2 is 2.00 bits per heavy atom. The molecule has 12 heavy (non-hydrogen) atoms. The normalized spacial score (nSPS) is 17.2. The highest BCUT2D eigenvalue weighted by atomic mass is 15.7. The SMILES string of the molecule is C[C]1C=NN(c2ccccc2)N1. The number of nitrogens with one attached hydrogen (secondary N) is 1. The molecule has 1 heterocycles. The van der Waals surface area contributed by atoms with Crippen molar-refractivity contribution in [2.45, 2.75) is 6.92 Å². The van der Waals surface area contributed by atoms with Crippen molar-refractivity contribution in [2.24, 2.45) is 5.10 Å². The van der Waals surface area contributed by atoms with E-state index in [1.54, 1.807) is 11.3 Å². The van der Waals surface area contributed by atoms with Gasteiger partial charge in [-0.1, -0.05) is 18.2 Å². The summed E-state index contributed by atoms with van der Waals surface area (Å²) in [5.74, 6) is 0. The topological polar surface area (TPSA) is 27.6 Å². The van der Waals surface area contributed by atoms with Gasteiger partial charge in [0.1, 0.15) is 0 Å². The van der Waals surface area contributed by atoms with Crippen LogP contribution in [0.15, 0.2) is 35.4 Å². The highest BCUT2D eigenvalue weighted by Crippen LogP contribution is 2.15. The number of anilines is 1. The quantitative estimate of drug-likeness (QED) is 0.675. The van der Waals surface area contributed by atoms with Crippen molar-refractivity contribution < 1.29 is 0 Å². The van der Waals surface area contributed by atoms with Gasteiger partial charge < -0.3 is 0 Å². The molecule has 61 valence electrons. The molecule has 0 spiro atoms. The van der Waals surface area contributed by atoms with Crippen LogP contribution < -0.4 is 10.5 Å². The van der Waals surface area contributed by atoms with Crippen molar-refractivity contribution in [3.05, 3.63) is 36.4 Å². The Bertz CT molecular complexity index is 281. The Morgan fingerprint density at radius 1 is 1.25 bits per heavy atom. The van der Waals surface area contributed by atoms with Crippen molar-refractivity contribution in [3.63, 3.8) is 0 Å². The zero-order valence-electron chi connectivity index (χ0n) is 6.86. The molecule has 1 aliphatic heterocycles. The zero-order valence-corrected chi connectivity index (χ0v) is 6.86. The lowest BCUT2D eigenvalue weighted by molar-refractivity contribution is 0.749. The molecule has 3 nitrogen and oxygen atoms in total. The maximum absolute atomic E-state index is 4.15. The predicted molar refractivity (Wildman–Crippen MR) is 49.5 cm³/mol. The van der Waals surface area contributed by atoms with Gasteiger partial charge in [-0.15, -0.1) is 0 Å². The molecule has 3 heteroatoms. The molecule has 0 amide bonds. The smallest absolute Gasteiger partial charge is 0.0980 e. The first-order valence-corrected chi connectivity index (χ1v) is 3.85. The minimum atomic E-state index is 1.05. The molecule has 0 atom stereocenters. The van der Waals surface area contributed by atoms with Crippen molar-refractivity contribution in [3.8, 4) is 0 Å². The highest BCUT2D eigenvalue weighted by Gasteiger charge is 2.13. The second-order valence-corrected chi connectivity index (χ2v) is 2.69. The minimum absolute atomic E-state index is 1.05. The van der Waals surface area contributed by atoms with Crippen LogP contribution in [0.5, 0.6) is 0 Å². The largest absolute Gasteiger partial charge is 0.199 e. The standard InChI is InChI=1S/C9H10N3/c1-8-7-10-12(11-8)9-5-3-2-4-6-9/h2-7,11H,1H3. The fourth-order valence-electron chi connectivity index (χ4n) is 1.07. The predicted octanol–water partition coefficient (Wildman–Crippen LogP) is 1.55. The van der Waals surface area contributed by atoms with Gasteiger partial charge in [0, 0.05) is 0 Å². The molecule has 0 aliphatic carbocycles. The van der Waals surface area contributed by atoms with Crippen LogP contribution in [0.2, 0.25) is 0 Å². The van der Waals surface area contributed by atoms with Gasteiger partial charge in [0.2, 0.25) is 0 Å². The number of rotatable bonds is 1. The molecule has 0 unspecified atom stereocenters. The molecule has 0 aromatic heterocycles. The number of nitrogens with zero attached hydrogens (tertiary/aromatic N) is 2. The fraction of sp³-hybridized carbons (Fsp3) is 0.111. The number of benzene rings is 1. The Kier molecular flexibility index (Phi) is 1.80. The Morgan fingerprint density at radius 3 is 2.58 bits per heavy atom. The summed E-state index contributed by atoms with van der Waals surface area (Å²) >= 11 is 0. The number of hydrazine groups is 1. The lowest BCUT2D eigenvalue weighted by Crippen LogP contribution is -2.29. The van der Waals surface area contributed by atoms with Crippen LogP contribution in [0.3, 0.4) is 0 Å². The molecule has 1 N–H and O–H groups in total. The average Bonchev–Trinajstić information content (AvgIpc) is 2.54. The van der Waals surface area contributed by atoms with E-state index in [2.05, 4.69) is 10.5 Å². The van der Waals surface area contributed by atoms with Gasteiger partial charge in [0.25, 0.3) is 0 Å². The first kappa shape index (κ1) is 7.31. The van der Waals surface area contributed by atoms with E-state index in [1.165, 1.54) is 0 Å². The summed E-state index contributed by atoms with van der Waals surface area (Å²) in [6, 6.07) is 11.0. The van der Waals surface area contributed by atoms with Crippen LogP contribution in [0.4, 0.5) is 5.69 Å². The summed E-state index contributed by atoms with van der Waals surface area (Å²) in [5, 5.41) is 5.89. The van der Waals surface area contributed by atoms with E-state index in [-0.39, 0.29) is 0 Å². The van der Waals surface area contributed by atoms with Gasteiger partial charge >= 0.3 is 0 Å². The number of hydrazone groups is 1. The van der Waals surface area contributed by atoms with Crippen molar-refractivity contribution in [1.82, 2.24) is 5.43 Å². The van der Waals surface area contributed by atoms with Gasteiger partial charge in [-0.05, 0) is 19.1 Å². The fourth-order valence-corrected chi connectivity index (χ4v) is 1.07. The van der Waals surface area contributed by atoms with Crippen LogP contribution in [0, 0.1) is 6.04 Å². The summed E-state index contributed by atoms with van der Waals surface area (Å²) in [5.41, 5.74) is 4.14. The third-order valence-electron chi connectivity index (χ3n) is 1.65. The molecular formula is C9H10N3. The number of para-hydroxylation sites is 1. The molecule has 2 rings (SSSR count). The van der Waals surface area contributed by atoms with E-state index >= 15 is 0 Å². The van der Waals surface area contributed by atoms with E-state index in [0.717, 1.165) is 11.7 Å². The maximum Gasteiger partial charge on any atom is 0.0980 e. The second-order valence-electron chi connectivity index (χ2n) is 2.69. The number of hydrogen-bond acceptors (Lipinski definition) is 3.